The molecule has 0 aliphatic rings. The summed E-state index contributed by atoms with van der Waals surface area (Å²) >= 11 is 4.11. The van der Waals surface area contributed by atoms with Crippen molar-refractivity contribution in [3.63, 3.8) is 0 Å². The largest absolute Gasteiger partial charge is 0.480 e. The van der Waals surface area contributed by atoms with Crippen molar-refractivity contribution in [2.45, 2.75) is 43.8 Å². The number of aliphatic carboxylic acids is 1. The molecule has 0 saturated carbocycles. The molecule has 0 spiro atoms. The lowest BCUT2D eigenvalue weighted by atomic mass is 10.0. The predicted molar refractivity (Wildman–Crippen MR) is 118 cm³/mol. The van der Waals surface area contributed by atoms with Crippen molar-refractivity contribution in [2.75, 3.05) is 12.3 Å². The molecule has 1 heterocycles. The first-order valence-corrected chi connectivity index (χ1v) is 10.5. The van der Waals surface area contributed by atoms with Crippen molar-refractivity contribution in [3.05, 3.63) is 36.0 Å². The molecule has 9 nitrogen and oxygen atoms in total. The van der Waals surface area contributed by atoms with Crippen molar-refractivity contribution in [1.29, 1.82) is 0 Å². The number of thiol groups is 1. The summed E-state index contributed by atoms with van der Waals surface area (Å²) in [5.41, 5.74) is 12.9. The topological polar surface area (TPSA) is 163 Å². The lowest BCUT2D eigenvalue weighted by molar-refractivity contribution is -0.142. The lowest BCUT2D eigenvalue weighted by Crippen LogP contribution is -2.55. The van der Waals surface area contributed by atoms with E-state index in [1.165, 1.54) is 0 Å². The molecule has 0 fully saturated rings. The van der Waals surface area contributed by atoms with Gasteiger partial charge in [0, 0.05) is 29.3 Å². The fraction of sp³-hybridized carbons (Fsp3) is 0.450. The second-order valence-electron chi connectivity index (χ2n) is 7.10. The molecule has 8 N–H and O–H groups in total. The molecule has 0 aliphatic carbocycles. The van der Waals surface area contributed by atoms with Gasteiger partial charge in [0.15, 0.2) is 0 Å². The Morgan fingerprint density at radius 3 is 2.47 bits per heavy atom. The number of nitrogens with one attached hydrogen (secondary N) is 3. The molecule has 164 valence electrons. The highest BCUT2D eigenvalue weighted by molar-refractivity contribution is 7.80. The van der Waals surface area contributed by atoms with E-state index in [-0.39, 0.29) is 12.2 Å². The average Bonchev–Trinajstić information content (AvgIpc) is 3.14. The minimum absolute atomic E-state index is 0.00647. The van der Waals surface area contributed by atoms with Crippen molar-refractivity contribution in [3.8, 4) is 0 Å². The fourth-order valence-corrected chi connectivity index (χ4v) is 3.36. The number of carbonyl (C=O) groups excluding carboxylic acids is 2. The Morgan fingerprint density at radius 2 is 1.80 bits per heavy atom. The molecule has 0 bridgehead atoms. The van der Waals surface area contributed by atoms with Gasteiger partial charge in [-0.05, 0) is 31.0 Å². The number of hydrogen-bond acceptors (Lipinski definition) is 6. The molecule has 0 radical (unpaired) electrons. The van der Waals surface area contributed by atoms with Crippen molar-refractivity contribution < 1.29 is 19.5 Å². The zero-order chi connectivity index (χ0) is 22.1. The number of aromatic nitrogens is 1. The number of nitrogens with two attached hydrogens (primary N) is 2. The van der Waals surface area contributed by atoms with Crippen LogP contribution in [0.1, 0.15) is 24.8 Å². The smallest absolute Gasteiger partial charge is 0.326 e. The van der Waals surface area contributed by atoms with Crippen LogP contribution >= 0.6 is 12.6 Å². The van der Waals surface area contributed by atoms with Crippen LogP contribution in [0.15, 0.2) is 30.5 Å². The minimum atomic E-state index is -1.17. The number of H-pyrrole nitrogens is 1. The van der Waals surface area contributed by atoms with Crippen molar-refractivity contribution >= 4 is 41.3 Å². The standard InChI is InChI=1S/C20H29N5O4S/c21-8-4-3-6-14(22)18(26)25-17(11-30)19(27)24-16(20(28)29)9-12-10-23-15-7-2-1-5-13(12)15/h1-2,5,7,10,14,16-17,23,30H,3-4,6,8-9,11,21-22H2,(H,24,27)(H,25,26)(H,28,29). The van der Waals surface area contributed by atoms with Gasteiger partial charge in [-0.1, -0.05) is 24.6 Å². The van der Waals surface area contributed by atoms with Crippen LogP contribution < -0.4 is 22.1 Å². The van der Waals surface area contributed by atoms with Gasteiger partial charge in [-0.25, -0.2) is 4.79 Å². The van der Waals surface area contributed by atoms with Gasteiger partial charge >= 0.3 is 5.97 Å². The molecule has 0 saturated heterocycles. The molecule has 3 unspecified atom stereocenters. The Morgan fingerprint density at radius 1 is 1.10 bits per heavy atom. The van der Waals surface area contributed by atoms with Crippen LogP contribution in [-0.4, -0.2) is 58.3 Å². The lowest BCUT2D eigenvalue weighted by Gasteiger charge is -2.21. The monoisotopic (exact) mass is 435 g/mol. The summed E-state index contributed by atoms with van der Waals surface area (Å²) in [6.07, 6.45) is 3.73. The number of para-hydroxylation sites is 1. The molecule has 3 atom stereocenters. The Hall–Kier alpha value is -2.56. The number of hydrogen-bond donors (Lipinski definition) is 7. The fourth-order valence-electron chi connectivity index (χ4n) is 3.11. The van der Waals surface area contributed by atoms with Crippen LogP contribution in [0.25, 0.3) is 10.9 Å². The molecule has 2 rings (SSSR count). The van der Waals surface area contributed by atoms with Crippen LogP contribution in [-0.2, 0) is 20.8 Å². The quantitative estimate of drug-likeness (QED) is 0.185. The third-order valence-corrected chi connectivity index (χ3v) is 5.20. The summed E-state index contributed by atoms with van der Waals surface area (Å²) in [6.45, 7) is 0.517. The third kappa shape index (κ3) is 6.48. The molecular weight excluding hydrogens is 406 g/mol. The summed E-state index contributed by atoms with van der Waals surface area (Å²) < 4.78 is 0. The van der Waals surface area contributed by atoms with Crippen LogP contribution in [0, 0.1) is 0 Å². The molecule has 1 aromatic carbocycles. The summed E-state index contributed by atoms with van der Waals surface area (Å²) in [7, 11) is 0. The number of carbonyl (C=O) groups is 3. The normalized spacial score (nSPS) is 14.1. The summed E-state index contributed by atoms with van der Waals surface area (Å²) in [5, 5.41) is 15.5. The van der Waals surface area contributed by atoms with E-state index in [1.54, 1.807) is 6.20 Å². The second-order valence-corrected chi connectivity index (χ2v) is 7.46. The zero-order valence-corrected chi connectivity index (χ0v) is 17.5. The number of fused-ring (bicyclic) bond motifs is 1. The molecule has 30 heavy (non-hydrogen) atoms. The third-order valence-electron chi connectivity index (χ3n) is 4.84. The van der Waals surface area contributed by atoms with E-state index < -0.39 is 35.9 Å². The summed E-state index contributed by atoms with van der Waals surface area (Å²) in [5.74, 6) is -2.27. The van der Waals surface area contributed by atoms with E-state index in [0.717, 1.165) is 22.9 Å². The Kier molecular flexibility index (Phi) is 9.15. The highest BCUT2D eigenvalue weighted by Gasteiger charge is 2.27. The molecule has 2 aromatic rings. The molecule has 2 amide bonds. The highest BCUT2D eigenvalue weighted by atomic mass is 32.1. The van der Waals surface area contributed by atoms with Gasteiger partial charge in [-0.2, -0.15) is 12.6 Å². The highest BCUT2D eigenvalue weighted by Crippen LogP contribution is 2.19. The molecule has 10 heteroatoms. The van der Waals surface area contributed by atoms with Crippen LogP contribution in [0.5, 0.6) is 0 Å². The van der Waals surface area contributed by atoms with Gasteiger partial charge in [0.25, 0.3) is 0 Å². The summed E-state index contributed by atoms with van der Waals surface area (Å²) in [6, 6.07) is 4.58. The Bertz CT molecular complexity index is 872. The van der Waals surface area contributed by atoms with Gasteiger partial charge in [0.2, 0.25) is 11.8 Å². The predicted octanol–water partition coefficient (Wildman–Crippen LogP) is 0.151. The number of carboxylic acid groups (broad SMARTS) is 1. The van der Waals surface area contributed by atoms with Crippen LogP contribution in [0.2, 0.25) is 0 Å². The van der Waals surface area contributed by atoms with Gasteiger partial charge in [-0.3, -0.25) is 9.59 Å². The number of unbranched alkanes of at least 4 members (excludes halogenated alkanes) is 1. The molecule has 1 aromatic heterocycles. The van der Waals surface area contributed by atoms with E-state index in [2.05, 4.69) is 28.2 Å². The number of carboxylic acids is 1. The van der Waals surface area contributed by atoms with E-state index in [4.69, 9.17) is 11.5 Å². The van der Waals surface area contributed by atoms with Crippen LogP contribution in [0.3, 0.4) is 0 Å². The molecular formula is C20H29N5O4S. The number of amides is 2. The Balaban J connectivity index is 2.00. The van der Waals surface area contributed by atoms with Gasteiger partial charge in [0.05, 0.1) is 6.04 Å². The minimum Gasteiger partial charge on any atom is -0.480 e. The second kappa shape index (κ2) is 11.6. The maximum absolute atomic E-state index is 12.6. The molecule has 0 aliphatic heterocycles. The van der Waals surface area contributed by atoms with Gasteiger partial charge < -0.3 is 32.2 Å². The van der Waals surface area contributed by atoms with Crippen molar-refractivity contribution in [1.82, 2.24) is 15.6 Å². The number of benzene rings is 1. The van der Waals surface area contributed by atoms with Crippen LogP contribution in [0.4, 0.5) is 0 Å². The van der Waals surface area contributed by atoms with Crippen molar-refractivity contribution in [2.24, 2.45) is 11.5 Å². The van der Waals surface area contributed by atoms with E-state index in [0.29, 0.717) is 19.4 Å². The number of aromatic amines is 1. The number of rotatable bonds is 12. The van der Waals surface area contributed by atoms with Gasteiger partial charge in [0.1, 0.15) is 12.1 Å². The van der Waals surface area contributed by atoms with E-state index in [9.17, 15) is 19.5 Å². The van der Waals surface area contributed by atoms with E-state index >= 15 is 0 Å². The Labute approximate surface area is 180 Å². The van der Waals surface area contributed by atoms with Gasteiger partial charge in [-0.15, -0.1) is 0 Å². The average molecular weight is 436 g/mol. The first-order valence-electron chi connectivity index (χ1n) is 9.82. The summed E-state index contributed by atoms with van der Waals surface area (Å²) in [4.78, 5) is 39.6. The first-order chi connectivity index (χ1) is 14.4. The maximum Gasteiger partial charge on any atom is 0.326 e. The first kappa shape index (κ1) is 23.7. The zero-order valence-electron chi connectivity index (χ0n) is 16.6. The van der Waals surface area contributed by atoms with E-state index in [1.807, 2.05) is 24.3 Å². The maximum atomic E-state index is 12.6. The SMILES string of the molecule is NCCCCC(N)C(=O)NC(CS)C(=O)NC(Cc1c[nH]c2ccccc12)C(=O)O.